The maximum Gasteiger partial charge on any atom is 0.107 e. The average Bonchev–Trinajstić information content (AvgIpc) is 2.68. The number of nitrogens with two attached hydrogens (primary N) is 1. The first-order valence-corrected chi connectivity index (χ1v) is 6.44. The molecule has 0 saturated carbocycles. The molecule has 0 fully saturated rings. The molecule has 1 aromatic carbocycles. The minimum atomic E-state index is 0.220. The molecule has 3 heteroatoms. The van der Waals surface area contributed by atoms with Gasteiger partial charge in [-0.05, 0) is 33.3 Å². The number of nitrogens with one attached hydrogen (secondary N) is 1. The summed E-state index contributed by atoms with van der Waals surface area (Å²) in [5.41, 5.74) is 10.4. The fourth-order valence-electron chi connectivity index (χ4n) is 2.08. The van der Waals surface area contributed by atoms with Crippen LogP contribution in [0.25, 0.3) is 11.3 Å². The van der Waals surface area contributed by atoms with E-state index in [9.17, 15) is 0 Å². The molecule has 0 amide bonds. The smallest absolute Gasteiger partial charge is 0.107 e. The Morgan fingerprint density at radius 1 is 1.33 bits per heavy atom. The standard InChI is InChI=1S/C15H21N3/c1-10-5-4-6-13(9-10)15-12(3)17-14(18-15)8-7-11(2)16/h4-6,9,11H,7-8,16H2,1-3H3,(H,17,18). The van der Waals surface area contributed by atoms with E-state index in [0.717, 1.165) is 30.1 Å². The first kappa shape index (κ1) is 12.8. The Morgan fingerprint density at radius 3 is 2.78 bits per heavy atom. The Balaban J connectivity index is 2.24. The summed E-state index contributed by atoms with van der Waals surface area (Å²) in [6.45, 7) is 6.19. The summed E-state index contributed by atoms with van der Waals surface area (Å²) in [6.07, 6.45) is 1.87. The third kappa shape index (κ3) is 2.99. The molecular formula is C15H21N3. The Morgan fingerprint density at radius 2 is 2.11 bits per heavy atom. The van der Waals surface area contributed by atoms with Crippen LogP contribution in [-0.4, -0.2) is 16.0 Å². The van der Waals surface area contributed by atoms with Gasteiger partial charge in [0.1, 0.15) is 5.82 Å². The summed E-state index contributed by atoms with van der Waals surface area (Å²) in [5.74, 6) is 1.03. The van der Waals surface area contributed by atoms with Crippen LogP contribution in [0.1, 0.15) is 30.4 Å². The van der Waals surface area contributed by atoms with Gasteiger partial charge in [-0.25, -0.2) is 4.98 Å². The summed E-state index contributed by atoms with van der Waals surface area (Å²) >= 11 is 0. The topological polar surface area (TPSA) is 54.7 Å². The van der Waals surface area contributed by atoms with Crippen LogP contribution >= 0.6 is 0 Å². The van der Waals surface area contributed by atoms with Gasteiger partial charge in [0, 0.05) is 23.7 Å². The van der Waals surface area contributed by atoms with Crippen molar-refractivity contribution in [2.75, 3.05) is 0 Å². The zero-order chi connectivity index (χ0) is 13.1. The highest BCUT2D eigenvalue weighted by atomic mass is 14.9. The van der Waals surface area contributed by atoms with Gasteiger partial charge < -0.3 is 10.7 Å². The average molecular weight is 243 g/mol. The molecule has 0 spiro atoms. The molecule has 18 heavy (non-hydrogen) atoms. The summed E-state index contributed by atoms with van der Waals surface area (Å²) in [5, 5.41) is 0. The highest BCUT2D eigenvalue weighted by Gasteiger charge is 2.09. The van der Waals surface area contributed by atoms with Crippen molar-refractivity contribution in [2.24, 2.45) is 5.73 Å². The molecule has 1 unspecified atom stereocenters. The Labute approximate surface area is 108 Å². The highest BCUT2D eigenvalue weighted by molar-refractivity contribution is 5.62. The van der Waals surface area contributed by atoms with E-state index in [1.54, 1.807) is 0 Å². The van der Waals surface area contributed by atoms with Crippen LogP contribution < -0.4 is 5.73 Å². The van der Waals surface area contributed by atoms with Crippen molar-refractivity contribution in [3.63, 3.8) is 0 Å². The van der Waals surface area contributed by atoms with Crippen molar-refractivity contribution in [2.45, 2.75) is 39.7 Å². The van der Waals surface area contributed by atoms with Gasteiger partial charge >= 0.3 is 0 Å². The molecular weight excluding hydrogens is 222 g/mol. The molecule has 3 nitrogen and oxygen atoms in total. The Hall–Kier alpha value is -1.61. The van der Waals surface area contributed by atoms with Gasteiger partial charge in [-0.3, -0.25) is 0 Å². The van der Waals surface area contributed by atoms with Gasteiger partial charge in [0.15, 0.2) is 0 Å². The van der Waals surface area contributed by atoms with Gasteiger partial charge in [0.2, 0.25) is 0 Å². The van der Waals surface area contributed by atoms with E-state index >= 15 is 0 Å². The molecule has 0 bridgehead atoms. The van der Waals surface area contributed by atoms with Crippen LogP contribution in [0.5, 0.6) is 0 Å². The van der Waals surface area contributed by atoms with Crippen LogP contribution in [0.3, 0.4) is 0 Å². The van der Waals surface area contributed by atoms with Gasteiger partial charge in [-0.1, -0.05) is 23.8 Å². The monoisotopic (exact) mass is 243 g/mol. The number of benzene rings is 1. The number of nitrogens with zero attached hydrogens (tertiary/aromatic N) is 1. The molecule has 0 aliphatic rings. The van der Waals surface area contributed by atoms with Gasteiger partial charge in [0.25, 0.3) is 0 Å². The number of aromatic amines is 1. The van der Waals surface area contributed by atoms with Crippen molar-refractivity contribution in [3.05, 3.63) is 41.3 Å². The lowest BCUT2D eigenvalue weighted by Crippen LogP contribution is -2.15. The van der Waals surface area contributed by atoms with Crippen LogP contribution in [0.2, 0.25) is 0 Å². The second-order valence-corrected chi connectivity index (χ2v) is 5.04. The molecule has 1 aromatic heterocycles. The minimum absolute atomic E-state index is 0.220. The molecule has 2 rings (SSSR count). The van der Waals surface area contributed by atoms with Crippen molar-refractivity contribution in [1.29, 1.82) is 0 Å². The van der Waals surface area contributed by atoms with Gasteiger partial charge in [0.05, 0.1) is 5.69 Å². The summed E-state index contributed by atoms with van der Waals surface area (Å²) < 4.78 is 0. The van der Waals surface area contributed by atoms with Gasteiger partial charge in [-0.2, -0.15) is 0 Å². The predicted molar refractivity (Wildman–Crippen MR) is 75.5 cm³/mol. The lowest BCUT2D eigenvalue weighted by Gasteiger charge is -2.01. The lowest BCUT2D eigenvalue weighted by molar-refractivity contribution is 0.651. The molecule has 0 radical (unpaired) electrons. The SMILES string of the molecule is Cc1cccc(-c2nc(CCC(C)N)[nH]c2C)c1. The van der Waals surface area contributed by atoms with E-state index in [1.807, 2.05) is 6.92 Å². The molecule has 2 aromatic rings. The highest BCUT2D eigenvalue weighted by Crippen LogP contribution is 2.22. The predicted octanol–water partition coefficient (Wildman–Crippen LogP) is 2.97. The van der Waals surface area contributed by atoms with Crippen LogP contribution in [0.4, 0.5) is 0 Å². The quantitative estimate of drug-likeness (QED) is 0.867. The first-order chi connectivity index (χ1) is 8.56. The second kappa shape index (κ2) is 5.36. The lowest BCUT2D eigenvalue weighted by atomic mass is 10.1. The normalized spacial score (nSPS) is 12.7. The number of H-pyrrole nitrogens is 1. The van der Waals surface area contributed by atoms with Crippen LogP contribution in [0.15, 0.2) is 24.3 Å². The number of imidazole rings is 1. The molecule has 0 aliphatic carbocycles. The molecule has 0 saturated heterocycles. The third-order valence-electron chi connectivity index (χ3n) is 3.06. The van der Waals surface area contributed by atoms with Gasteiger partial charge in [-0.15, -0.1) is 0 Å². The first-order valence-electron chi connectivity index (χ1n) is 6.44. The summed E-state index contributed by atoms with van der Waals surface area (Å²) in [4.78, 5) is 8.03. The molecule has 3 N–H and O–H groups in total. The molecule has 0 aliphatic heterocycles. The van der Waals surface area contributed by atoms with Crippen LogP contribution in [-0.2, 0) is 6.42 Å². The summed E-state index contributed by atoms with van der Waals surface area (Å²) in [7, 11) is 0. The Bertz CT molecular complexity index is 526. The molecule has 1 heterocycles. The second-order valence-electron chi connectivity index (χ2n) is 5.04. The van der Waals surface area contributed by atoms with E-state index in [1.165, 1.54) is 11.1 Å². The van der Waals surface area contributed by atoms with E-state index < -0.39 is 0 Å². The van der Waals surface area contributed by atoms with Crippen molar-refractivity contribution >= 4 is 0 Å². The fourth-order valence-corrected chi connectivity index (χ4v) is 2.08. The van der Waals surface area contributed by atoms with E-state index in [-0.39, 0.29) is 6.04 Å². The maximum atomic E-state index is 5.77. The number of rotatable bonds is 4. The van der Waals surface area contributed by atoms with Crippen molar-refractivity contribution in [3.8, 4) is 11.3 Å². The zero-order valence-electron chi connectivity index (χ0n) is 11.3. The van der Waals surface area contributed by atoms with Crippen molar-refractivity contribution < 1.29 is 0 Å². The molecule has 1 atom stereocenters. The van der Waals surface area contributed by atoms with Crippen molar-refractivity contribution in [1.82, 2.24) is 9.97 Å². The van der Waals surface area contributed by atoms with Crippen LogP contribution in [0, 0.1) is 13.8 Å². The number of hydrogen-bond acceptors (Lipinski definition) is 2. The largest absolute Gasteiger partial charge is 0.346 e. The van der Waals surface area contributed by atoms with E-state index in [4.69, 9.17) is 5.73 Å². The number of aromatic nitrogens is 2. The molecule has 96 valence electrons. The third-order valence-corrected chi connectivity index (χ3v) is 3.06. The summed E-state index contributed by atoms with van der Waals surface area (Å²) in [6, 6.07) is 8.66. The van der Waals surface area contributed by atoms with E-state index in [0.29, 0.717) is 0 Å². The number of aryl methyl sites for hydroxylation is 3. The maximum absolute atomic E-state index is 5.77. The number of hydrogen-bond donors (Lipinski definition) is 2. The fraction of sp³-hybridized carbons (Fsp3) is 0.400. The minimum Gasteiger partial charge on any atom is -0.346 e. The Kier molecular flexibility index (Phi) is 3.82. The van der Waals surface area contributed by atoms with E-state index in [2.05, 4.69) is 48.1 Å². The zero-order valence-corrected chi connectivity index (χ0v) is 11.3.